The molecule has 2 heterocycles. The standard InChI is InChI=1S/C17H30N2O2.ClH/c1-11(2)12-7-8-19(10-12)15(20)17(18)13-6-5-9-21-14(13)16(17,3)4;/h11-14H,5-10,18H2,1-4H3;1H. The van der Waals surface area contributed by atoms with Crippen LogP contribution in [0.5, 0.6) is 0 Å². The summed E-state index contributed by atoms with van der Waals surface area (Å²) in [6, 6.07) is 0. The molecule has 0 spiro atoms. The predicted molar refractivity (Wildman–Crippen MR) is 89.9 cm³/mol. The van der Waals surface area contributed by atoms with Gasteiger partial charge >= 0.3 is 0 Å². The molecule has 0 aromatic carbocycles. The normalized spacial score (nSPS) is 39.9. The van der Waals surface area contributed by atoms with Gasteiger partial charge in [-0.15, -0.1) is 12.4 Å². The second-order valence-corrected chi connectivity index (χ2v) is 8.17. The van der Waals surface area contributed by atoms with Crippen molar-refractivity contribution < 1.29 is 9.53 Å². The highest BCUT2D eigenvalue weighted by molar-refractivity contribution is 5.89. The summed E-state index contributed by atoms with van der Waals surface area (Å²) in [6.45, 7) is 11.3. The van der Waals surface area contributed by atoms with Gasteiger partial charge in [0, 0.05) is 31.0 Å². The molecule has 2 N–H and O–H groups in total. The van der Waals surface area contributed by atoms with Crippen LogP contribution in [0.2, 0.25) is 0 Å². The quantitative estimate of drug-likeness (QED) is 0.846. The maximum absolute atomic E-state index is 13.1. The zero-order chi connectivity index (χ0) is 15.4. The highest BCUT2D eigenvalue weighted by Gasteiger charge is 2.71. The summed E-state index contributed by atoms with van der Waals surface area (Å²) in [5, 5.41) is 0. The average Bonchev–Trinajstić information content (AvgIpc) is 2.95. The van der Waals surface area contributed by atoms with Gasteiger partial charge < -0.3 is 15.4 Å². The third-order valence-electron chi connectivity index (χ3n) is 6.49. The molecule has 2 saturated heterocycles. The number of nitrogens with zero attached hydrogens (tertiary/aromatic N) is 1. The Balaban J connectivity index is 0.00000176. The molecule has 1 aliphatic carbocycles. The SMILES string of the molecule is CC(C)C1CCN(C(=O)C2(N)C3CCCOC3C2(C)C)C1.Cl. The van der Waals surface area contributed by atoms with Gasteiger partial charge in [-0.1, -0.05) is 27.7 Å². The Hall–Kier alpha value is -0.320. The average molecular weight is 331 g/mol. The van der Waals surface area contributed by atoms with Crippen LogP contribution >= 0.6 is 12.4 Å². The Morgan fingerprint density at radius 2 is 2.00 bits per heavy atom. The van der Waals surface area contributed by atoms with E-state index in [-0.39, 0.29) is 35.8 Å². The van der Waals surface area contributed by atoms with Crippen molar-refractivity contribution in [1.29, 1.82) is 0 Å². The summed E-state index contributed by atoms with van der Waals surface area (Å²) in [7, 11) is 0. The van der Waals surface area contributed by atoms with Crippen molar-refractivity contribution in [2.45, 2.75) is 58.6 Å². The summed E-state index contributed by atoms with van der Waals surface area (Å²) in [4.78, 5) is 15.2. The molecule has 0 bridgehead atoms. The lowest BCUT2D eigenvalue weighted by atomic mass is 9.46. The molecular weight excluding hydrogens is 300 g/mol. The van der Waals surface area contributed by atoms with E-state index in [2.05, 4.69) is 27.7 Å². The molecule has 1 amide bonds. The van der Waals surface area contributed by atoms with E-state index in [1.54, 1.807) is 0 Å². The van der Waals surface area contributed by atoms with Gasteiger partial charge in [-0.2, -0.15) is 0 Å². The molecule has 0 aromatic heterocycles. The largest absolute Gasteiger partial charge is 0.377 e. The van der Waals surface area contributed by atoms with E-state index in [0.29, 0.717) is 11.8 Å². The third kappa shape index (κ3) is 2.30. The van der Waals surface area contributed by atoms with Gasteiger partial charge in [-0.3, -0.25) is 4.79 Å². The number of carbonyl (C=O) groups excluding carboxylic acids is 1. The fourth-order valence-corrected chi connectivity index (χ4v) is 4.79. The van der Waals surface area contributed by atoms with Crippen LogP contribution in [0.15, 0.2) is 0 Å². The number of hydrogen-bond acceptors (Lipinski definition) is 3. The second-order valence-electron chi connectivity index (χ2n) is 8.17. The number of amides is 1. The van der Waals surface area contributed by atoms with Crippen LogP contribution in [0, 0.1) is 23.2 Å². The molecule has 1 saturated carbocycles. The van der Waals surface area contributed by atoms with Gasteiger partial charge in [-0.25, -0.2) is 0 Å². The number of ether oxygens (including phenoxy) is 1. The monoisotopic (exact) mass is 330 g/mol. The summed E-state index contributed by atoms with van der Waals surface area (Å²) >= 11 is 0. The molecule has 4 atom stereocenters. The van der Waals surface area contributed by atoms with Crippen molar-refractivity contribution in [1.82, 2.24) is 4.90 Å². The van der Waals surface area contributed by atoms with Gasteiger partial charge in [-0.05, 0) is 31.1 Å². The molecule has 3 aliphatic rings. The molecule has 5 heteroatoms. The Kier molecular flexibility index (Phi) is 4.88. The summed E-state index contributed by atoms with van der Waals surface area (Å²) < 4.78 is 5.91. The molecule has 3 fully saturated rings. The van der Waals surface area contributed by atoms with E-state index in [1.807, 2.05) is 4.90 Å². The van der Waals surface area contributed by atoms with E-state index in [4.69, 9.17) is 10.5 Å². The smallest absolute Gasteiger partial charge is 0.243 e. The van der Waals surface area contributed by atoms with Crippen LogP contribution in [0.1, 0.15) is 47.0 Å². The predicted octanol–water partition coefficient (Wildman–Crippen LogP) is 2.45. The van der Waals surface area contributed by atoms with Crippen molar-refractivity contribution in [2.24, 2.45) is 28.9 Å². The van der Waals surface area contributed by atoms with E-state index in [9.17, 15) is 4.79 Å². The lowest BCUT2D eigenvalue weighted by molar-refractivity contribution is -0.229. The van der Waals surface area contributed by atoms with Crippen molar-refractivity contribution in [3.63, 3.8) is 0 Å². The first kappa shape index (κ1) is 18.0. The van der Waals surface area contributed by atoms with Crippen molar-refractivity contribution >= 4 is 18.3 Å². The minimum absolute atomic E-state index is 0. The van der Waals surface area contributed by atoms with Gasteiger partial charge in [0.1, 0.15) is 5.54 Å². The number of halogens is 1. The minimum Gasteiger partial charge on any atom is -0.377 e. The molecular formula is C17H31ClN2O2. The van der Waals surface area contributed by atoms with Gasteiger partial charge in [0.2, 0.25) is 5.91 Å². The molecule has 3 rings (SSSR count). The fourth-order valence-electron chi connectivity index (χ4n) is 4.79. The first-order valence-corrected chi connectivity index (χ1v) is 8.50. The summed E-state index contributed by atoms with van der Waals surface area (Å²) in [5.41, 5.74) is 5.72. The number of fused-ring (bicyclic) bond motifs is 1. The molecule has 128 valence electrons. The van der Waals surface area contributed by atoms with Crippen LogP contribution in [-0.2, 0) is 9.53 Å². The van der Waals surface area contributed by atoms with E-state index in [1.165, 1.54) is 0 Å². The van der Waals surface area contributed by atoms with Crippen LogP contribution in [0.25, 0.3) is 0 Å². The zero-order valence-electron chi connectivity index (χ0n) is 14.3. The van der Waals surface area contributed by atoms with E-state index < -0.39 is 5.54 Å². The highest BCUT2D eigenvalue weighted by Crippen LogP contribution is 2.58. The summed E-state index contributed by atoms with van der Waals surface area (Å²) in [5.74, 6) is 1.63. The highest BCUT2D eigenvalue weighted by atomic mass is 35.5. The molecule has 4 nitrogen and oxygen atoms in total. The number of likely N-dealkylation sites (tertiary alicyclic amines) is 1. The molecule has 2 aliphatic heterocycles. The Labute approximate surface area is 140 Å². The number of hydrogen-bond donors (Lipinski definition) is 1. The van der Waals surface area contributed by atoms with E-state index >= 15 is 0 Å². The van der Waals surface area contributed by atoms with Crippen molar-refractivity contribution in [3.8, 4) is 0 Å². The van der Waals surface area contributed by atoms with Gasteiger partial charge in [0.15, 0.2) is 0 Å². The van der Waals surface area contributed by atoms with Crippen molar-refractivity contribution in [2.75, 3.05) is 19.7 Å². The Bertz CT molecular complexity index is 440. The minimum atomic E-state index is -0.732. The lowest BCUT2D eigenvalue weighted by Gasteiger charge is -2.65. The summed E-state index contributed by atoms with van der Waals surface area (Å²) in [6.07, 6.45) is 3.32. The fraction of sp³-hybridized carbons (Fsp3) is 0.941. The zero-order valence-corrected chi connectivity index (χ0v) is 15.1. The van der Waals surface area contributed by atoms with Crippen LogP contribution in [-0.4, -0.2) is 42.1 Å². The lowest BCUT2D eigenvalue weighted by Crippen LogP contribution is -2.82. The number of nitrogens with two attached hydrogens (primary N) is 1. The van der Waals surface area contributed by atoms with Crippen LogP contribution < -0.4 is 5.73 Å². The van der Waals surface area contributed by atoms with Crippen LogP contribution in [0.3, 0.4) is 0 Å². The van der Waals surface area contributed by atoms with Gasteiger partial charge in [0.25, 0.3) is 0 Å². The Morgan fingerprint density at radius 3 is 2.59 bits per heavy atom. The molecule has 4 unspecified atom stereocenters. The Morgan fingerprint density at radius 1 is 1.32 bits per heavy atom. The van der Waals surface area contributed by atoms with Crippen molar-refractivity contribution in [3.05, 3.63) is 0 Å². The molecule has 0 radical (unpaired) electrons. The maximum Gasteiger partial charge on any atom is 0.243 e. The van der Waals surface area contributed by atoms with Gasteiger partial charge in [0.05, 0.1) is 6.10 Å². The topological polar surface area (TPSA) is 55.6 Å². The second kappa shape index (κ2) is 5.95. The molecule has 22 heavy (non-hydrogen) atoms. The first-order valence-electron chi connectivity index (χ1n) is 8.50. The third-order valence-corrected chi connectivity index (χ3v) is 6.49. The van der Waals surface area contributed by atoms with E-state index in [0.717, 1.165) is 39.0 Å². The maximum atomic E-state index is 13.1. The number of rotatable bonds is 2. The molecule has 0 aromatic rings. The first-order chi connectivity index (χ1) is 9.80. The van der Waals surface area contributed by atoms with Crippen LogP contribution in [0.4, 0.5) is 0 Å². The number of carbonyl (C=O) groups is 1.